The molecule has 1 unspecified atom stereocenters. The van der Waals surface area contributed by atoms with E-state index in [4.69, 9.17) is 0 Å². The molecule has 0 spiro atoms. The van der Waals surface area contributed by atoms with Gasteiger partial charge in [-0.05, 0) is 29.5 Å². The summed E-state index contributed by atoms with van der Waals surface area (Å²) in [5, 5.41) is 12.2. The second kappa shape index (κ2) is 4.17. The van der Waals surface area contributed by atoms with Crippen LogP contribution in [0.15, 0.2) is 18.2 Å². The van der Waals surface area contributed by atoms with Crippen molar-refractivity contribution < 1.29 is 0 Å². The van der Waals surface area contributed by atoms with Gasteiger partial charge in [0.15, 0.2) is 5.82 Å². The minimum Gasteiger partial charge on any atom is -0.311 e. The summed E-state index contributed by atoms with van der Waals surface area (Å²) in [4.78, 5) is 0. The maximum atomic E-state index is 4.42. The van der Waals surface area contributed by atoms with Gasteiger partial charge in [0.1, 0.15) is 5.82 Å². The molecule has 0 saturated carbocycles. The Labute approximate surface area is 112 Å². The van der Waals surface area contributed by atoms with Crippen LogP contribution in [0, 0.1) is 5.92 Å². The molecular formula is C15H18N4. The van der Waals surface area contributed by atoms with E-state index in [0.29, 0.717) is 0 Å². The van der Waals surface area contributed by atoms with E-state index in [2.05, 4.69) is 45.2 Å². The number of rotatable bonds is 1. The Hall–Kier alpha value is -1.68. The van der Waals surface area contributed by atoms with Gasteiger partial charge in [-0.3, -0.25) is 0 Å². The third kappa shape index (κ3) is 1.78. The van der Waals surface area contributed by atoms with Gasteiger partial charge in [-0.2, -0.15) is 0 Å². The summed E-state index contributed by atoms with van der Waals surface area (Å²) in [7, 11) is 0. The maximum absolute atomic E-state index is 4.42. The molecule has 2 aliphatic rings. The topological polar surface area (TPSA) is 42.7 Å². The third-order valence-electron chi connectivity index (χ3n) is 4.30. The molecule has 4 rings (SSSR count). The Morgan fingerprint density at radius 1 is 1.21 bits per heavy atom. The molecule has 0 saturated heterocycles. The fraction of sp³-hybridized carbons (Fsp3) is 0.467. The van der Waals surface area contributed by atoms with Gasteiger partial charge >= 0.3 is 0 Å². The molecule has 0 bridgehead atoms. The number of hydrogen-bond donors (Lipinski definition) is 1. The lowest BCUT2D eigenvalue weighted by atomic mass is 10.00. The number of hydrogen-bond acceptors (Lipinski definition) is 3. The molecule has 2 aromatic rings. The molecule has 0 fully saturated rings. The zero-order valence-electron chi connectivity index (χ0n) is 11.2. The van der Waals surface area contributed by atoms with Gasteiger partial charge in [0.25, 0.3) is 0 Å². The largest absolute Gasteiger partial charge is 0.311 e. The van der Waals surface area contributed by atoms with Crippen molar-refractivity contribution in [3.05, 3.63) is 35.2 Å². The first-order valence-electron chi connectivity index (χ1n) is 7.06. The second-order valence-electron chi connectivity index (χ2n) is 5.78. The van der Waals surface area contributed by atoms with Crippen LogP contribution in [0.4, 0.5) is 0 Å². The summed E-state index contributed by atoms with van der Waals surface area (Å²) in [5.41, 5.74) is 4.02. The molecule has 3 heterocycles. The number of aromatic nitrogens is 3. The molecule has 0 amide bonds. The van der Waals surface area contributed by atoms with Crippen LogP contribution in [0.25, 0.3) is 11.4 Å². The van der Waals surface area contributed by atoms with Gasteiger partial charge in [0.05, 0.1) is 0 Å². The number of benzene rings is 1. The van der Waals surface area contributed by atoms with Gasteiger partial charge in [-0.1, -0.05) is 19.1 Å². The molecular weight excluding hydrogens is 236 g/mol. The Morgan fingerprint density at radius 3 is 3.05 bits per heavy atom. The summed E-state index contributed by atoms with van der Waals surface area (Å²) in [5.74, 6) is 2.91. The van der Waals surface area contributed by atoms with Gasteiger partial charge in [0, 0.05) is 31.6 Å². The van der Waals surface area contributed by atoms with Gasteiger partial charge in [-0.15, -0.1) is 10.2 Å². The van der Waals surface area contributed by atoms with Crippen molar-refractivity contribution in [3.63, 3.8) is 0 Å². The van der Waals surface area contributed by atoms with Gasteiger partial charge in [0.2, 0.25) is 0 Å². The predicted octanol–water partition coefficient (Wildman–Crippen LogP) is 2.13. The average molecular weight is 254 g/mol. The van der Waals surface area contributed by atoms with Crippen molar-refractivity contribution in [1.82, 2.24) is 20.1 Å². The molecule has 1 atom stereocenters. The van der Waals surface area contributed by atoms with Crippen LogP contribution in [-0.4, -0.2) is 14.8 Å². The Balaban J connectivity index is 1.77. The molecule has 1 aromatic carbocycles. The van der Waals surface area contributed by atoms with E-state index in [1.54, 1.807) is 0 Å². The maximum Gasteiger partial charge on any atom is 0.163 e. The van der Waals surface area contributed by atoms with E-state index in [1.165, 1.54) is 23.1 Å². The summed E-state index contributed by atoms with van der Waals surface area (Å²) in [6.45, 7) is 5.30. The van der Waals surface area contributed by atoms with E-state index in [-0.39, 0.29) is 0 Å². The van der Waals surface area contributed by atoms with Crippen molar-refractivity contribution in [2.24, 2.45) is 5.92 Å². The van der Waals surface area contributed by atoms with Gasteiger partial charge < -0.3 is 9.88 Å². The highest BCUT2D eigenvalue weighted by Gasteiger charge is 2.21. The minimum absolute atomic E-state index is 0.730. The molecule has 1 aromatic heterocycles. The van der Waals surface area contributed by atoms with Crippen LogP contribution in [0.5, 0.6) is 0 Å². The van der Waals surface area contributed by atoms with Gasteiger partial charge in [-0.25, -0.2) is 0 Å². The Morgan fingerprint density at radius 2 is 2.11 bits per heavy atom. The van der Waals surface area contributed by atoms with Crippen LogP contribution in [0.2, 0.25) is 0 Å². The lowest BCUT2D eigenvalue weighted by Gasteiger charge is -2.20. The van der Waals surface area contributed by atoms with Crippen LogP contribution >= 0.6 is 0 Å². The molecule has 98 valence electrons. The third-order valence-corrected chi connectivity index (χ3v) is 4.30. The lowest BCUT2D eigenvalue weighted by molar-refractivity contribution is 0.411. The zero-order chi connectivity index (χ0) is 12.8. The molecule has 0 radical (unpaired) electrons. The minimum atomic E-state index is 0.730. The SMILES string of the molecule is CC1CCn2c(nnc2-c2ccc3c(c2)CNC3)C1. The molecule has 2 aliphatic heterocycles. The highest BCUT2D eigenvalue weighted by Crippen LogP contribution is 2.27. The highest BCUT2D eigenvalue weighted by molar-refractivity contribution is 5.58. The second-order valence-corrected chi connectivity index (χ2v) is 5.78. The summed E-state index contributed by atoms with van der Waals surface area (Å²) in [6.07, 6.45) is 2.28. The molecule has 1 N–H and O–H groups in total. The number of nitrogens with one attached hydrogen (secondary N) is 1. The van der Waals surface area contributed by atoms with Crippen LogP contribution < -0.4 is 5.32 Å². The standard InChI is InChI=1S/C15H18N4/c1-10-4-5-19-14(6-10)17-18-15(19)11-2-3-12-8-16-9-13(12)7-11/h2-3,7,10,16H,4-6,8-9H2,1H3. The Kier molecular flexibility index (Phi) is 2.45. The normalized spacial score (nSPS) is 21.2. The lowest BCUT2D eigenvalue weighted by Crippen LogP contribution is -2.18. The van der Waals surface area contributed by atoms with Crippen LogP contribution in [0.1, 0.15) is 30.3 Å². The van der Waals surface area contributed by atoms with Crippen molar-refractivity contribution in [1.29, 1.82) is 0 Å². The summed E-state index contributed by atoms with van der Waals surface area (Å²) in [6, 6.07) is 6.67. The average Bonchev–Trinajstić information content (AvgIpc) is 3.02. The zero-order valence-corrected chi connectivity index (χ0v) is 11.2. The van der Waals surface area contributed by atoms with Crippen molar-refractivity contribution in [2.45, 2.75) is 39.4 Å². The fourth-order valence-electron chi connectivity index (χ4n) is 3.13. The summed E-state index contributed by atoms with van der Waals surface area (Å²) >= 11 is 0. The smallest absolute Gasteiger partial charge is 0.163 e. The monoisotopic (exact) mass is 254 g/mol. The van der Waals surface area contributed by atoms with Crippen molar-refractivity contribution in [3.8, 4) is 11.4 Å². The fourth-order valence-corrected chi connectivity index (χ4v) is 3.13. The highest BCUT2D eigenvalue weighted by atomic mass is 15.3. The first-order chi connectivity index (χ1) is 9.31. The first-order valence-corrected chi connectivity index (χ1v) is 7.06. The molecule has 4 nitrogen and oxygen atoms in total. The number of fused-ring (bicyclic) bond motifs is 2. The van der Waals surface area contributed by atoms with Crippen LogP contribution in [0.3, 0.4) is 0 Å². The van der Waals surface area contributed by atoms with Crippen LogP contribution in [-0.2, 0) is 26.1 Å². The predicted molar refractivity (Wildman–Crippen MR) is 73.5 cm³/mol. The van der Waals surface area contributed by atoms with Crippen molar-refractivity contribution >= 4 is 0 Å². The van der Waals surface area contributed by atoms with Crippen molar-refractivity contribution in [2.75, 3.05) is 0 Å². The summed E-state index contributed by atoms with van der Waals surface area (Å²) < 4.78 is 2.30. The van der Waals surface area contributed by atoms with E-state index < -0.39 is 0 Å². The molecule has 0 aliphatic carbocycles. The number of nitrogens with zero attached hydrogens (tertiary/aromatic N) is 3. The van der Waals surface area contributed by atoms with E-state index in [1.807, 2.05) is 0 Å². The Bertz CT molecular complexity index is 629. The van der Waals surface area contributed by atoms with E-state index in [0.717, 1.165) is 43.6 Å². The van der Waals surface area contributed by atoms with E-state index in [9.17, 15) is 0 Å². The molecule has 19 heavy (non-hydrogen) atoms. The first kappa shape index (κ1) is 11.2. The van der Waals surface area contributed by atoms with E-state index >= 15 is 0 Å². The molecule has 4 heteroatoms. The quantitative estimate of drug-likeness (QED) is 0.847.